The Hall–Kier alpha value is -5.23. The molecule has 0 bridgehead atoms. The second-order valence-corrected chi connectivity index (χ2v) is 9.63. The van der Waals surface area contributed by atoms with Gasteiger partial charge in [-0.05, 0) is 97.3 Å². The van der Waals surface area contributed by atoms with Crippen LogP contribution in [-0.4, -0.2) is 38.7 Å². The van der Waals surface area contributed by atoms with E-state index in [1.165, 1.54) is 0 Å². The van der Waals surface area contributed by atoms with E-state index in [2.05, 4.69) is 0 Å². The maximum Gasteiger partial charge on any atom is 0.159 e. The molecule has 0 saturated carbocycles. The molecule has 0 aliphatic rings. The summed E-state index contributed by atoms with van der Waals surface area (Å²) in [6.45, 7) is 4.69. The number of fused-ring (bicyclic) bond motifs is 1. The first-order chi connectivity index (χ1) is 20.6. The van der Waals surface area contributed by atoms with E-state index in [1.54, 1.807) is 66.4 Å². The molecule has 0 heterocycles. The summed E-state index contributed by atoms with van der Waals surface area (Å²) in [6.07, 6.45) is 0. The van der Waals surface area contributed by atoms with Gasteiger partial charge in [-0.3, -0.25) is 14.4 Å². The van der Waals surface area contributed by atoms with Crippen LogP contribution < -0.4 is 14.2 Å². The topological polar surface area (TPSA) is 78.9 Å². The number of carbonyl (C=O) groups is 3. The normalized spacial score (nSPS) is 9.68. The monoisotopic (exact) mass is 592 g/mol. The van der Waals surface area contributed by atoms with Crippen LogP contribution in [0.3, 0.4) is 0 Å². The summed E-state index contributed by atoms with van der Waals surface area (Å²) >= 11 is 0. The summed E-state index contributed by atoms with van der Waals surface area (Å²) < 4.78 is 15.2. The molecule has 44 heavy (non-hydrogen) atoms. The van der Waals surface area contributed by atoms with Gasteiger partial charge >= 0.3 is 0 Å². The Morgan fingerprint density at radius 2 is 0.727 bits per heavy atom. The van der Waals surface area contributed by atoms with Gasteiger partial charge in [0.05, 0.1) is 21.3 Å². The lowest BCUT2D eigenvalue weighted by atomic mass is 10.0. The molecule has 0 N–H and O–H groups in total. The minimum atomic E-state index is 0. The molecule has 5 aromatic rings. The van der Waals surface area contributed by atoms with Crippen molar-refractivity contribution in [1.82, 2.24) is 0 Å². The maximum atomic E-state index is 11.2. The minimum Gasteiger partial charge on any atom is -0.497 e. The average molecular weight is 593 g/mol. The summed E-state index contributed by atoms with van der Waals surface area (Å²) in [5.74, 6) is 2.70. The zero-order valence-corrected chi connectivity index (χ0v) is 25.3. The Kier molecular flexibility index (Phi) is 13.5. The van der Waals surface area contributed by atoms with Crippen molar-refractivity contribution in [3.63, 3.8) is 0 Å². The Bertz CT molecular complexity index is 1670. The highest BCUT2D eigenvalue weighted by Crippen LogP contribution is 2.23. The number of methoxy groups -OCH3 is 3. The number of hydrogen-bond acceptors (Lipinski definition) is 6. The Labute approximate surface area is 260 Å². The smallest absolute Gasteiger partial charge is 0.159 e. The third-order valence-electron chi connectivity index (χ3n) is 6.67. The first-order valence-corrected chi connectivity index (χ1v) is 13.6. The third kappa shape index (κ3) is 9.95. The van der Waals surface area contributed by atoms with Crippen molar-refractivity contribution >= 4 is 28.1 Å². The largest absolute Gasteiger partial charge is 0.497 e. The van der Waals surface area contributed by atoms with Crippen LogP contribution in [0.25, 0.3) is 21.9 Å². The second-order valence-electron chi connectivity index (χ2n) is 9.63. The molecule has 0 aromatic heterocycles. The Morgan fingerprint density at radius 1 is 0.409 bits per heavy atom. The molecule has 0 atom stereocenters. The van der Waals surface area contributed by atoms with Gasteiger partial charge in [0.15, 0.2) is 17.3 Å². The molecule has 228 valence electrons. The quantitative estimate of drug-likeness (QED) is 0.175. The highest BCUT2D eigenvalue weighted by molar-refractivity contribution is 5.98. The van der Waals surface area contributed by atoms with Gasteiger partial charge in [0.25, 0.3) is 0 Å². The molecule has 5 rings (SSSR count). The van der Waals surface area contributed by atoms with E-state index in [-0.39, 0.29) is 24.8 Å². The fourth-order valence-corrected chi connectivity index (χ4v) is 4.08. The van der Waals surface area contributed by atoms with Crippen molar-refractivity contribution in [3.8, 4) is 28.4 Å². The van der Waals surface area contributed by atoms with Crippen LogP contribution in [0.1, 0.15) is 59.3 Å². The Morgan fingerprint density at radius 3 is 1.16 bits per heavy atom. The molecule has 6 nitrogen and oxygen atoms in total. The SMILES string of the molecule is C.COc1ccc(-c2ccc(C(C)=O)cc2)cc1.COc1ccc(C(C)=O)cc1.COc1ccc2cc(C(C)=O)ccc2c1. The molecule has 0 unspecified atom stereocenters. The van der Waals surface area contributed by atoms with Crippen LogP contribution in [0.4, 0.5) is 0 Å². The van der Waals surface area contributed by atoms with Crippen molar-refractivity contribution in [1.29, 1.82) is 0 Å². The number of Topliss-reactive ketones (excluding diaryl/α,β-unsaturated/α-hetero) is 3. The number of benzene rings is 5. The minimum absolute atomic E-state index is 0. The number of carbonyl (C=O) groups excluding carboxylic acids is 3. The summed E-state index contributed by atoms with van der Waals surface area (Å²) in [5.41, 5.74) is 4.40. The van der Waals surface area contributed by atoms with E-state index in [9.17, 15) is 14.4 Å². The molecule has 5 aromatic carbocycles. The van der Waals surface area contributed by atoms with Crippen LogP contribution in [-0.2, 0) is 0 Å². The van der Waals surface area contributed by atoms with Crippen LogP contribution in [0.2, 0.25) is 0 Å². The molecule has 6 heteroatoms. The van der Waals surface area contributed by atoms with Crippen LogP contribution in [0.15, 0.2) is 109 Å². The second kappa shape index (κ2) is 17.0. The predicted molar refractivity (Wildman–Crippen MR) is 179 cm³/mol. The lowest BCUT2D eigenvalue weighted by molar-refractivity contribution is 0.100. The molecular weight excluding hydrogens is 552 g/mol. The number of rotatable bonds is 7. The van der Waals surface area contributed by atoms with Crippen LogP contribution >= 0.6 is 0 Å². The highest BCUT2D eigenvalue weighted by Gasteiger charge is 2.03. The summed E-state index contributed by atoms with van der Waals surface area (Å²) in [6, 6.07) is 34.0. The van der Waals surface area contributed by atoms with Gasteiger partial charge in [-0.15, -0.1) is 0 Å². The number of ketones is 3. The van der Waals surface area contributed by atoms with Gasteiger partial charge in [-0.1, -0.05) is 62.0 Å². The first-order valence-electron chi connectivity index (χ1n) is 13.6. The average Bonchev–Trinajstić information content (AvgIpc) is 3.04. The zero-order valence-electron chi connectivity index (χ0n) is 25.3. The lowest BCUT2D eigenvalue weighted by Gasteiger charge is -2.04. The Balaban J connectivity index is 0.000000233. The van der Waals surface area contributed by atoms with E-state index in [0.717, 1.165) is 50.3 Å². The van der Waals surface area contributed by atoms with Gasteiger partial charge in [0.2, 0.25) is 0 Å². The lowest BCUT2D eigenvalue weighted by Crippen LogP contribution is -1.91. The van der Waals surface area contributed by atoms with Crippen molar-refractivity contribution in [2.45, 2.75) is 28.2 Å². The van der Waals surface area contributed by atoms with Gasteiger partial charge in [-0.2, -0.15) is 0 Å². The van der Waals surface area contributed by atoms with Gasteiger partial charge in [0, 0.05) is 16.7 Å². The maximum absolute atomic E-state index is 11.2. The summed E-state index contributed by atoms with van der Waals surface area (Å²) in [4.78, 5) is 33.2. The molecule has 0 aliphatic carbocycles. The molecule has 0 aliphatic heterocycles. The van der Waals surface area contributed by atoms with Crippen molar-refractivity contribution in [2.24, 2.45) is 0 Å². The summed E-state index contributed by atoms with van der Waals surface area (Å²) in [5, 5.41) is 2.14. The first kappa shape index (κ1) is 35.0. The van der Waals surface area contributed by atoms with Crippen LogP contribution in [0, 0.1) is 0 Å². The third-order valence-corrected chi connectivity index (χ3v) is 6.67. The molecular formula is C38H40O6. The number of ether oxygens (including phenoxy) is 3. The van der Waals surface area contributed by atoms with E-state index in [4.69, 9.17) is 14.2 Å². The highest BCUT2D eigenvalue weighted by atomic mass is 16.5. The van der Waals surface area contributed by atoms with Crippen LogP contribution in [0.5, 0.6) is 17.2 Å². The standard InChI is InChI=1S/C15H14O2.C13H12O2.C9H10O2.CH4/c1-11(16)12-3-5-13(6-4-12)14-7-9-15(17-2)10-8-14;1-9(14)10-3-4-12-8-13(15-2)6-5-11(12)7-10;1-7(10)8-3-5-9(11-2)6-4-8;/h3-10H,1-2H3;3-8H,1-2H3;3-6H,1-2H3;1H4. The fourth-order valence-electron chi connectivity index (χ4n) is 4.08. The fraction of sp³-hybridized carbons (Fsp3) is 0.184. The van der Waals surface area contributed by atoms with E-state index < -0.39 is 0 Å². The number of hydrogen-bond donors (Lipinski definition) is 0. The molecule has 0 saturated heterocycles. The zero-order chi connectivity index (χ0) is 31.4. The molecule has 0 radical (unpaired) electrons. The van der Waals surface area contributed by atoms with E-state index in [0.29, 0.717) is 5.56 Å². The molecule has 0 spiro atoms. The molecule has 0 fully saturated rings. The van der Waals surface area contributed by atoms with Crippen molar-refractivity contribution in [2.75, 3.05) is 21.3 Å². The van der Waals surface area contributed by atoms with Gasteiger partial charge in [-0.25, -0.2) is 0 Å². The predicted octanol–water partition coefficient (Wildman–Crippen LogP) is 9.15. The van der Waals surface area contributed by atoms with Crippen molar-refractivity contribution < 1.29 is 28.6 Å². The van der Waals surface area contributed by atoms with E-state index >= 15 is 0 Å². The van der Waals surface area contributed by atoms with Crippen molar-refractivity contribution in [3.05, 3.63) is 126 Å². The molecule has 0 amide bonds. The van der Waals surface area contributed by atoms with Gasteiger partial charge < -0.3 is 14.2 Å². The van der Waals surface area contributed by atoms with E-state index in [1.807, 2.05) is 84.9 Å². The summed E-state index contributed by atoms with van der Waals surface area (Å²) in [7, 11) is 4.89. The van der Waals surface area contributed by atoms with Gasteiger partial charge in [0.1, 0.15) is 17.2 Å².